The number of nitrogens with zero attached hydrogens (tertiary/aromatic N) is 1. The molecule has 4 heteroatoms. The standard InChI is InChI=1S/C11H22N2O2/c1-3-12-11(14)13(2)7-4-10-5-8-15-9-6-10/h10H,3-9H2,1-2H3,(H,12,14). The van der Waals surface area contributed by atoms with Gasteiger partial charge in [-0.1, -0.05) is 0 Å². The third-order valence-corrected chi connectivity index (χ3v) is 2.89. The van der Waals surface area contributed by atoms with Gasteiger partial charge in [0.2, 0.25) is 0 Å². The maximum Gasteiger partial charge on any atom is 0.317 e. The molecule has 0 radical (unpaired) electrons. The molecule has 0 aromatic carbocycles. The Kier molecular flexibility index (Phi) is 5.47. The van der Waals surface area contributed by atoms with Gasteiger partial charge in [-0.25, -0.2) is 4.79 Å². The fraction of sp³-hybridized carbons (Fsp3) is 0.909. The van der Waals surface area contributed by atoms with Gasteiger partial charge in [0, 0.05) is 33.4 Å². The van der Waals surface area contributed by atoms with Gasteiger partial charge in [0.1, 0.15) is 0 Å². The second-order valence-electron chi connectivity index (χ2n) is 4.10. The van der Waals surface area contributed by atoms with E-state index >= 15 is 0 Å². The van der Waals surface area contributed by atoms with Gasteiger partial charge in [0.25, 0.3) is 0 Å². The third kappa shape index (κ3) is 4.51. The number of rotatable bonds is 4. The molecular formula is C11H22N2O2. The quantitative estimate of drug-likeness (QED) is 0.770. The Balaban J connectivity index is 2.14. The minimum absolute atomic E-state index is 0.0320. The maximum atomic E-state index is 11.4. The Hall–Kier alpha value is -0.770. The first-order chi connectivity index (χ1) is 7.24. The van der Waals surface area contributed by atoms with Crippen LogP contribution in [0.1, 0.15) is 26.2 Å². The fourth-order valence-corrected chi connectivity index (χ4v) is 1.80. The van der Waals surface area contributed by atoms with Gasteiger partial charge in [-0.15, -0.1) is 0 Å². The number of hydrogen-bond donors (Lipinski definition) is 1. The highest BCUT2D eigenvalue weighted by molar-refractivity contribution is 5.73. The van der Waals surface area contributed by atoms with Gasteiger partial charge in [-0.05, 0) is 32.1 Å². The summed E-state index contributed by atoms with van der Waals surface area (Å²) >= 11 is 0. The SMILES string of the molecule is CCNC(=O)N(C)CCC1CCOCC1. The summed E-state index contributed by atoms with van der Waals surface area (Å²) in [4.78, 5) is 13.2. The van der Waals surface area contributed by atoms with E-state index in [0.717, 1.165) is 44.9 Å². The second-order valence-corrected chi connectivity index (χ2v) is 4.10. The van der Waals surface area contributed by atoms with Gasteiger partial charge in [0.05, 0.1) is 0 Å². The summed E-state index contributed by atoms with van der Waals surface area (Å²) in [5, 5.41) is 2.80. The largest absolute Gasteiger partial charge is 0.381 e. The van der Waals surface area contributed by atoms with Crippen LogP contribution < -0.4 is 5.32 Å². The van der Waals surface area contributed by atoms with E-state index < -0.39 is 0 Å². The molecule has 1 heterocycles. The number of hydrogen-bond acceptors (Lipinski definition) is 2. The molecule has 1 saturated heterocycles. The molecule has 0 saturated carbocycles. The Morgan fingerprint density at radius 2 is 2.13 bits per heavy atom. The van der Waals surface area contributed by atoms with Gasteiger partial charge >= 0.3 is 6.03 Å². The molecule has 0 aromatic rings. The Morgan fingerprint density at radius 3 is 2.73 bits per heavy atom. The van der Waals surface area contributed by atoms with Crippen LogP contribution in [0.15, 0.2) is 0 Å². The fourth-order valence-electron chi connectivity index (χ4n) is 1.80. The normalized spacial score (nSPS) is 17.5. The van der Waals surface area contributed by atoms with Gasteiger partial charge in [-0.3, -0.25) is 0 Å². The molecule has 1 fully saturated rings. The number of amides is 2. The average Bonchev–Trinajstić information content (AvgIpc) is 2.27. The van der Waals surface area contributed by atoms with Gasteiger partial charge < -0.3 is 15.0 Å². The summed E-state index contributed by atoms with van der Waals surface area (Å²) in [6.07, 6.45) is 3.38. The molecule has 0 aliphatic carbocycles. The third-order valence-electron chi connectivity index (χ3n) is 2.89. The lowest BCUT2D eigenvalue weighted by molar-refractivity contribution is 0.0619. The Bertz CT molecular complexity index is 191. The lowest BCUT2D eigenvalue weighted by Crippen LogP contribution is -2.38. The van der Waals surface area contributed by atoms with Crippen molar-refractivity contribution in [2.75, 3.05) is 33.4 Å². The zero-order chi connectivity index (χ0) is 11.1. The lowest BCUT2D eigenvalue weighted by Gasteiger charge is -2.24. The van der Waals surface area contributed by atoms with Crippen molar-refractivity contribution in [3.8, 4) is 0 Å². The summed E-state index contributed by atoms with van der Waals surface area (Å²) in [5.41, 5.74) is 0. The van der Waals surface area contributed by atoms with Gasteiger partial charge in [0.15, 0.2) is 0 Å². The zero-order valence-corrected chi connectivity index (χ0v) is 9.79. The summed E-state index contributed by atoms with van der Waals surface area (Å²) in [5.74, 6) is 0.732. The van der Waals surface area contributed by atoms with Crippen LogP contribution in [0.4, 0.5) is 4.79 Å². The molecule has 1 aliphatic rings. The molecule has 0 aromatic heterocycles. The van der Waals surface area contributed by atoms with E-state index in [9.17, 15) is 4.79 Å². The zero-order valence-electron chi connectivity index (χ0n) is 9.79. The number of ether oxygens (including phenoxy) is 1. The predicted molar refractivity (Wildman–Crippen MR) is 59.9 cm³/mol. The molecule has 0 unspecified atom stereocenters. The van der Waals surface area contributed by atoms with E-state index in [1.165, 1.54) is 0 Å². The first kappa shape index (κ1) is 12.3. The van der Waals surface area contributed by atoms with Crippen molar-refractivity contribution < 1.29 is 9.53 Å². The van der Waals surface area contributed by atoms with Crippen molar-refractivity contribution in [2.45, 2.75) is 26.2 Å². The van der Waals surface area contributed by atoms with Crippen LogP contribution >= 0.6 is 0 Å². The summed E-state index contributed by atoms with van der Waals surface area (Å²) in [6.45, 7) is 5.24. The molecule has 1 aliphatic heterocycles. The van der Waals surface area contributed by atoms with Crippen molar-refractivity contribution >= 4 is 6.03 Å². The highest BCUT2D eigenvalue weighted by atomic mass is 16.5. The maximum absolute atomic E-state index is 11.4. The summed E-state index contributed by atoms with van der Waals surface area (Å²) in [7, 11) is 1.85. The highest BCUT2D eigenvalue weighted by Gasteiger charge is 2.15. The van der Waals surface area contributed by atoms with E-state index in [1.54, 1.807) is 4.90 Å². The van der Waals surface area contributed by atoms with Crippen molar-refractivity contribution in [2.24, 2.45) is 5.92 Å². The number of urea groups is 1. The lowest BCUT2D eigenvalue weighted by atomic mass is 9.96. The van der Waals surface area contributed by atoms with E-state index in [2.05, 4.69) is 5.32 Å². The van der Waals surface area contributed by atoms with Crippen molar-refractivity contribution in [3.05, 3.63) is 0 Å². The smallest absolute Gasteiger partial charge is 0.317 e. The molecule has 88 valence electrons. The molecule has 15 heavy (non-hydrogen) atoms. The first-order valence-electron chi connectivity index (χ1n) is 5.80. The monoisotopic (exact) mass is 214 g/mol. The summed E-state index contributed by atoms with van der Waals surface area (Å²) in [6, 6.07) is 0.0320. The topological polar surface area (TPSA) is 41.6 Å². The van der Waals surface area contributed by atoms with Crippen LogP contribution in [0.5, 0.6) is 0 Å². The van der Waals surface area contributed by atoms with Crippen LogP contribution in [0.3, 0.4) is 0 Å². The first-order valence-corrected chi connectivity index (χ1v) is 5.80. The van der Waals surface area contributed by atoms with Crippen LogP contribution in [0, 0.1) is 5.92 Å². The molecule has 1 rings (SSSR count). The molecule has 2 amide bonds. The van der Waals surface area contributed by atoms with Crippen molar-refractivity contribution in [1.29, 1.82) is 0 Å². The number of carbonyl (C=O) groups is 1. The molecule has 0 bridgehead atoms. The van der Waals surface area contributed by atoms with Crippen LogP contribution in [-0.2, 0) is 4.74 Å². The highest BCUT2D eigenvalue weighted by Crippen LogP contribution is 2.18. The molecule has 4 nitrogen and oxygen atoms in total. The molecule has 0 atom stereocenters. The molecule has 0 spiro atoms. The predicted octanol–water partition coefficient (Wildman–Crippen LogP) is 1.46. The van der Waals surface area contributed by atoms with E-state index in [1.807, 2.05) is 14.0 Å². The van der Waals surface area contributed by atoms with Crippen LogP contribution in [0.25, 0.3) is 0 Å². The molecular weight excluding hydrogens is 192 g/mol. The Labute approximate surface area is 92.0 Å². The van der Waals surface area contributed by atoms with Crippen LogP contribution in [0.2, 0.25) is 0 Å². The minimum Gasteiger partial charge on any atom is -0.381 e. The van der Waals surface area contributed by atoms with E-state index in [-0.39, 0.29) is 6.03 Å². The second kappa shape index (κ2) is 6.67. The average molecular weight is 214 g/mol. The number of carbonyl (C=O) groups excluding carboxylic acids is 1. The minimum atomic E-state index is 0.0320. The van der Waals surface area contributed by atoms with Gasteiger partial charge in [-0.2, -0.15) is 0 Å². The number of nitrogens with one attached hydrogen (secondary N) is 1. The van der Waals surface area contributed by atoms with Crippen molar-refractivity contribution in [3.63, 3.8) is 0 Å². The van der Waals surface area contributed by atoms with Crippen LogP contribution in [-0.4, -0.2) is 44.3 Å². The van der Waals surface area contributed by atoms with E-state index in [0.29, 0.717) is 6.54 Å². The molecule has 1 N–H and O–H groups in total. The summed E-state index contributed by atoms with van der Waals surface area (Å²) < 4.78 is 5.30. The van der Waals surface area contributed by atoms with E-state index in [4.69, 9.17) is 4.74 Å². The Morgan fingerprint density at radius 1 is 1.47 bits per heavy atom. The van der Waals surface area contributed by atoms with Crippen molar-refractivity contribution in [1.82, 2.24) is 10.2 Å².